The Morgan fingerprint density at radius 2 is 1.64 bits per heavy atom. The van der Waals surface area contributed by atoms with E-state index in [1.807, 2.05) is 16.7 Å². The third-order valence-corrected chi connectivity index (χ3v) is 8.16. The minimum Gasteiger partial charge on any atom is -0.454 e. The van der Waals surface area contributed by atoms with Crippen LogP contribution in [0.2, 0.25) is 0 Å². The maximum atomic E-state index is 14.3. The molecule has 2 N–H and O–H groups in total. The molecule has 206 valence electrons. The molecule has 0 aliphatic carbocycles. The number of benzene rings is 3. The highest BCUT2D eigenvalue weighted by Crippen LogP contribution is 2.33. The Labute approximate surface area is 227 Å². The molecule has 9 nitrogen and oxygen atoms in total. The lowest BCUT2D eigenvalue weighted by Crippen LogP contribution is -2.47. The lowest BCUT2D eigenvalue weighted by atomic mass is 10.2. The predicted molar refractivity (Wildman–Crippen MR) is 147 cm³/mol. The lowest BCUT2D eigenvalue weighted by Gasteiger charge is -2.38. The average molecular weight is 555 g/mol. The molecule has 0 saturated carbocycles. The monoisotopic (exact) mass is 554 g/mol. The van der Waals surface area contributed by atoms with Crippen molar-refractivity contribution in [3.63, 3.8) is 0 Å². The predicted octanol–water partition coefficient (Wildman–Crippen LogP) is 4.10. The van der Waals surface area contributed by atoms with Crippen LogP contribution in [0, 0.1) is 5.82 Å². The zero-order valence-corrected chi connectivity index (χ0v) is 22.5. The van der Waals surface area contributed by atoms with Gasteiger partial charge in [0.2, 0.25) is 22.7 Å². The molecule has 5 rings (SSSR count). The van der Waals surface area contributed by atoms with Crippen molar-refractivity contribution in [2.45, 2.75) is 31.2 Å². The molecule has 0 bridgehead atoms. The first-order valence-corrected chi connectivity index (χ1v) is 14.4. The van der Waals surface area contributed by atoms with Crippen LogP contribution in [0.25, 0.3) is 0 Å². The van der Waals surface area contributed by atoms with Crippen LogP contribution < -0.4 is 29.3 Å². The fourth-order valence-electron chi connectivity index (χ4n) is 4.72. The molecule has 0 atom stereocenters. The molecule has 2 aliphatic rings. The van der Waals surface area contributed by atoms with E-state index in [-0.39, 0.29) is 30.0 Å². The van der Waals surface area contributed by atoms with E-state index in [2.05, 4.69) is 10.0 Å². The van der Waals surface area contributed by atoms with Crippen LogP contribution in [-0.4, -0.2) is 47.3 Å². The minimum atomic E-state index is -3.98. The first kappa shape index (κ1) is 26.8. The van der Waals surface area contributed by atoms with E-state index in [4.69, 9.17) is 9.47 Å². The van der Waals surface area contributed by atoms with Gasteiger partial charge in [0.1, 0.15) is 10.7 Å². The normalized spacial score (nSPS) is 14.9. The third-order valence-electron chi connectivity index (χ3n) is 6.73. The van der Waals surface area contributed by atoms with Gasteiger partial charge in [0, 0.05) is 44.8 Å². The zero-order chi connectivity index (χ0) is 27.4. The molecule has 1 fully saturated rings. The van der Waals surface area contributed by atoms with E-state index in [1.54, 1.807) is 48.5 Å². The maximum Gasteiger partial charge on any atom is 0.243 e. The molecule has 1 saturated heterocycles. The van der Waals surface area contributed by atoms with Gasteiger partial charge in [-0.25, -0.2) is 17.5 Å². The maximum absolute atomic E-state index is 14.3. The van der Waals surface area contributed by atoms with E-state index in [0.29, 0.717) is 67.6 Å². The van der Waals surface area contributed by atoms with Gasteiger partial charge in [0.05, 0.1) is 11.4 Å². The number of carbonyl (C=O) groups is 1. The standard InChI is InChI=1S/C28H31FN4O5S/c1-2-5-28(34)31-21-9-10-24(33-14-12-32(13-15-33)23-7-4-3-6-22(23)29)27(17-21)39(35,36)30-18-20-8-11-25-26(16-20)38-19-37-25/h3-4,6-11,16-17,30H,2,5,12-15,18-19H2,1H3,(H,31,34). The number of piperazine rings is 1. The van der Waals surface area contributed by atoms with Gasteiger partial charge >= 0.3 is 0 Å². The number of sulfonamides is 1. The number of nitrogens with one attached hydrogen (secondary N) is 2. The third kappa shape index (κ3) is 6.10. The van der Waals surface area contributed by atoms with Gasteiger partial charge < -0.3 is 24.6 Å². The molecule has 0 radical (unpaired) electrons. The highest BCUT2D eigenvalue weighted by Gasteiger charge is 2.27. The van der Waals surface area contributed by atoms with Crippen LogP contribution in [-0.2, 0) is 21.4 Å². The van der Waals surface area contributed by atoms with Crippen LogP contribution in [0.3, 0.4) is 0 Å². The first-order chi connectivity index (χ1) is 18.8. The number of para-hydroxylation sites is 1. The van der Waals surface area contributed by atoms with Gasteiger partial charge in [-0.3, -0.25) is 4.79 Å². The Kier molecular flexibility index (Phi) is 7.89. The summed E-state index contributed by atoms with van der Waals surface area (Å²) in [5.41, 5.74) is 2.18. The van der Waals surface area contributed by atoms with Gasteiger partial charge in [-0.05, 0) is 54.4 Å². The van der Waals surface area contributed by atoms with Gasteiger partial charge in [-0.15, -0.1) is 0 Å². The molecule has 3 aromatic carbocycles. The summed E-state index contributed by atoms with van der Waals surface area (Å²) in [6.45, 7) is 4.14. The topological polar surface area (TPSA) is 100 Å². The second-order valence-electron chi connectivity index (χ2n) is 9.42. The van der Waals surface area contributed by atoms with Crippen molar-refractivity contribution in [1.82, 2.24) is 4.72 Å². The van der Waals surface area contributed by atoms with Gasteiger partial charge in [0.15, 0.2) is 11.5 Å². The summed E-state index contributed by atoms with van der Waals surface area (Å²) in [4.78, 5) is 16.2. The van der Waals surface area contributed by atoms with E-state index < -0.39 is 10.0 Å². The number of ether oxygens (including phenoxy) is 2. The summed E-state index contributed by atoms with van der Waals surface area (Å²) < 4.78 is 55.0. The number of anilines is 3. The second kappa shape index (κ2) is 11.5. The van der Waals surface area contributed by atoms with Gasteiger partial charge in [-0.2, -0.15) is 0 Å². The summed E-state index contributed by atoms with van der Waals surface area (Å²) in [7, 11) is -3.98. The lowest BCUT2D eigenvalue weighted by molar-refractivity contribution is -0.116. The van der Waals surface area contributed by atoms with Crippen LogP contribution in [0.4, 0.5) is 21.5 Å². The number of hydrogen-bond acceptors (Lipinski definition) is 7. The quantitative estimate of drug-likeness (QED) is 0.411. The molecule has 0 unspecified atom stereocenters. The van der Waals surface area contributed by atoms with Crippen molar-refractivity contribution in [3.8, 4) is 11.5 Å². The van der Waals surface area contributed by atoms with E-state index in [9.17, 15) is 17.6 Å². The van der Waals surface area contributed by atoms with Crippen LogP contribution >= 0.6 is 0 Å². The van der Waals surface area contributed by atoms with Gasteiger partial charge in [-0.1, -0.05) is 25.1 Å². The summed E-state index contributed by atoms with van der Waals surface area (Å²) in [6.07, 6.45) is 1.02. The highest BCUT2D eigenvalue weighted by molar-refractivity contribution is 7.89. The number of carbonyl (C=O) groups excluding carboxylic acids is 1. The Morgan fingerprint density at radius 1 is 0.923 bits per heavy atom. The van der Waals surface area contributed by atoms with Crippen molar-refractivity contribution in [2.24, 2.45) is 0 Å². The van der Waals surface area contributed by atoms with Crippen molar-refractivity contribution in [3.05, 3.63) is 72.0 Å². The smallest absolute Gasteiger partial charge is 0.243 e. The van der Waals surface area contributed by atoms with Crippen molar-refractivity contribution < 1.29 is 27.1 Å². The zero-order valence-electron chi connectivity index (χ0n) is 21.7. The second-order valence-corrected chi connectivity index (χ2v) is 11.2. The largest absolute Gasteiger partial charge is 0.454 e. The number of fused-ring (bicyclic) bond motifs is 1. The van der Waals surface area contributed by atoms with E-state index >= 15 is 0 Å². The first-order valence-electron chi connectivity index (χ1n) is 12.9. The molecule has 1 amide bonds. The van der Waals surface area contributed by atoms with E-state index in [1.165, 1.54) is 12.1 Å². The Hall–Kier alpha value is -3.83. The molecule has 3 aromatic rings. The van der Waals surface area contributed by atoms with Crippen LogP contribution in [0.5, 0.6) is 11.5 Å². The molecule has 0 aromatic heterocycles. The SMILES string of the molecule is CCCC(=O)Nc1ccc(N2CCN(c3ccccc3F)CC2)c(S(=O)(=O)NCc2ccc3c(c2)OCO3)c1. The van der Waals surface area contributed by atoms with Crippen LogP contribution in [0.1, 0.15) is 25.3 Å². The molecule has 2 aliphatic heterocycles. The Morgan fingerprint density at radius 3 is 2.38 bits per heavy atom. The Bertz CT molecular complexity index is 1460. The molecular formula is C28H31FN4O5S. The molecule has 11 heteroatoms. The Balaban J connectivity index is 1.38. The van der Waals surface area contributed by atoms with Crippen molar-refractivity contribution in [1.29, 1.82) is 0 Å². The van der Waals surface area contributed by atoms with E-state index in [0.717, 1.165) is 5.56 Å². The highest BCUT2D eigenvalue weighted by atomic mass is 32.2. The number of nitrogens with zero attached hydrogens (tertiary/aromatic N) is 2. The fourth-order valence-corrected chi connectivity index (χ4v) is 5.99. The summed E-state index contributed by atoms with van der Waals surface area (Å²) in [6, 6.07) is 16.8. The van der Waals surface area contributed by atoms with Crippen molar-refractivity contribution >= 4 is 33.0 Å². The summed E-state index contributed by atoms with van der Waals surface area (Å²) in [5.74, 6) is 0.726. The summed E-state index contributed by atoms with van der Waals surface area (Å²) >= 11 is 0. The molecule has 2 heterocycles. The fraction of sp³-hybridized carbons (Fsp3) is 0.321. The van der Waals surface area contributed by atoms with Crippen LogP contribution in [0.15, 0.2) is 65.6 Å². The van der Waals surface area contributed by atoms with Crippen molar-refractivity contribution in [2.75, 3.05) is 48.1 Å². The molecule has 0 spiro atoms. The van der Waals surface area contributed by atoms with Gasteiger partial charge in [0.25, 0.3) is 0 Å². The number of amides is 1. The number of hydrogen-bond donors (Lipinski definition) is 2. The number of halogens is 1. The minimum absolute atomic E-state index is 0.0475. The number of rotatable bonds is 9. The molecule has 39 heavy (non-hydrogen) atoms. The summed E-state index contributed by atoms with van der Waals surface area (Å²) in [5, 5.41) is 2.79. The average Bonchev–Trinajstić information content (AvgIpc) is 3.41. The molecular weight excluding hydrogens is 523 g/mol.